The normalized spacial score (nSPS) is 33.4. The van der Waals surface area contributed by atoms with Crippen molar-refractivity contribution in [1.82, 2.24) is 0 Å². The van der Waals surface area contributed by atoms with Crippen LogP contribution in [-0.2, 0) is 5.54 Å². The van der Waals surface area contributed by atoms with Crippen LogP contribution in [0.4, 0.5) is 0 Å². The molecular formula is C15H23NO. The van der Waals surface area contributed by atoms with Crippen molar-refractivity contribution < 1.29 is 4.74 Å². The number of ether oxygens (including phenoxy) is 1. The molecule has 1 aliphatic carbocycles. The van der Waals surface area contributed by atoms with E-state index in [0.29, 0.717) is 11.8 Å². The summed E-state index contributed by atoms with van der Waals surface area (Å²) in [5.74, 6) is 2.31. The van der Waals surface area contributed by atoms with Crippen LogP contribution in [-0.4, -0.2) is 7.11 Å². The minimum Gasteiger partial charge on any atom is -0.497 e. The second kappa shape index (κ2) is 4.69. The Morgan fingerprint density at radius 1 is 1.24 bits per heavy atom. The first-order chi connectivity index (χ1) is 8.03. The van der Waals surface area contributed by atoms with Gasteiger partial charge in [-0.3, -0.25) is 0 Å². The monoisotopic (exact) mass is 233 g/mol. The molecule has 2 rings (SSSR count). The van der Waals surface area contributed by atoms with E-state index >= 15 is 0 Å². The molecule has 0 bridgehead atoms. The van der Waals surface area contributed by atoms with Crippen molar-refractivity contribution in [2.45, 2.75) is 38.6 Å². The predicted molar refractivity (Wildman–Crippen MR) is 71.0 cm³/mol. The van der Waals surface area contributed by atoms with Crippen molar-refractivity contribution in [3.8, 4) is 5.75 Å². The van der Waals surface area contributed by atoms with Crippen molar-refractivity contribution in [2.24, 2.45) is 17.6 Å². The first-order valence-electron chi connectivity index (χ1n) is 6.47. The average Bonchev–Trinajstić information content (AvgIpc) is 2.27. The second-order valence-electron chi connectivity index (χ2n) is 5.74. The molecule has 2 heteroatoms. The molecule has 2 atom stereocenters. The molecule has 1 aromatic carbocycles. The van der Waals surface area contributed by atoms with Gasteiger partial charge in [-0.15, -0.1) is 0 Å². The Hall–Kier alpha value is -1.02. The summed E-state index contributed by atoms with van der Waals surface area (Å²) in [5.41, 5.74) is 7.67. The van der Waals surface area contributed by atoms with Gasteiger partial charge in [0.25, 0.3) is 0 Å². The molecule has 1 aliphatic rings. The van der Waals surface area contributed by atoms with Gasteiger partial charge in [-0.25, -0.2) is 0 Å². The van der Waals surface area contributed by atoms with Gasteiger partial charge in [-0.1, -0.05) is 26.0 Å². The molecular weight excluding hydrogens is 210 g/mol. The zero-order chi connectivity index (χ0) is 12.5. The molecule has 0 aliphatic heterocycles. The fourth-order valence-corrected chi connectivity index (χ4v) is 3.35. The van der Waals surface area contributed by atoms with Gasteiger partial charge in [0, 0.05) is 5.54 Å². The zero-order valence-electron chi connectivity index (χ0n) is 11.1. The van der Waals surface area contributed by atoms with Crippen molar-refractivity contribution in [3.05, 3.63) is 29.8 Å². The first-order valence-corrected chi connectivity index (χ1v) is 6.47. The van der Waals surface area contributed by atoms with Crippen LogP contribution in [0.15, 0.2) is 24.3 Å². The van der Waals surface area contributed by atoms with Crippen LogP contribution in [0.1, 0.15) is 38.7 Å². The van der Waals surface area contributed by atoms with Crippen LogP contribution < -0.4 is 10.5 Å². The van der Waals surface area contributed by atoms with E-state index < -0.39 is 0 Å². The summed E-state index contributed by atoms with van der Waals surface area (Å²) in [6.07, 6.45) is 3.44. The fraction of sp³-hybridized carbons (Fsp3) is 0.600. The number of hydrogen-bond donors (Lipinski definition) is 1. The Morgan fingerprint density at radius 3 is 2.47 bits per heavy atom. The number of hydrogen-bond acceptors (Lipinski definition) is 2. The third-order valence-electron chi connectivity index (χ3n) is 3.87. The molecule has 2 N–H and O–H groups in total. The topological polar surface area (TPSA) is 35.2 Å². The van der Waals surface area contributed by atoms with E-state index in [-0.39, 0.29) is 5.54 Å². The van der Waals surface area contributed by atoms with Gasteiger partial charge in [0.2, 0.25) is 0 Å². The lowest BCUT2D eigenvalue weighted by Gasteiger charge is -2.40. The van der Waals surface area contributed by atoms with Crippen LogP contribution >= 0.6 is 0 Å². The van der Waals surface area contributed by atoms with Gasteiger partial charge in [0.05, 0.1) is 7.11 Å². The summed E-state index contributed by atoms with van der Waals surface area (Å²) in [6, 6.07) is 8.23. The van der Waals surface area contributed by atoms with Gasteiger partial charge in [0.1, 0.15) is 5.75 Å². The van der Waals surface area contributed by atoms with Gasteiger partial charge in [-0.05, 0) is 48.8 Å². The van der Waals surface area contributed by atoms with Crippen LogP contribution in [0.5, 0.6) is 5.75 Å². The van der Waals surface area contributed by atoms with Crippen molar-refractivity contribution in [3.63, 3.8) is 0 Å². The highest BCUT2D eigenvalue weighted by molar-refractivity contribution is 5.33. The Morgan fingerprint density at radius 2 is 1.88 bits per heavy atom. The van der Waals surface area contributed by atoms with E-state index in [2.05, 4.69) is 26.0 Å². The van der Waals surface area contributed by atoms with E-state index in [1.54, 1.807) is 7.11 Å². The molecule has 0 amide bonds. The first kappa shape index (κ1) is 12.4. The molecule has 0 saturated heterocycles. The largest absolute Gasteiger partial charge is 0.497 e. The molecule has 17 heavy (non-hydrogen) atoms. The van der Waals surface area contributed by atoms with E-state index in [1.807, 2.05) is 12.1 Å². The van der Waals surface area contributed by atoms with Gasteiger partial charge >= 0.3 is 0 Å². The predicted octanol–water partition coefficient (Wildman–Crippen LogP) is 3.31. The van der Waals surface area contributed by atoms with Crippen LogP contribution in [0.25, 0.3) is 0 Å². The maximum Gasteiger partial charge on any atom is 0.119 e. The lowest BCUT2D eigenvalue weighted by atomic mass is 9.69. The molecule has 94 valence electrons. The van der Waals surface area contributed by atoms with E-state index in [1.165, 1.54) is 12.0 Å². The van der Waals surface area contributed by atoms with Gasteiger partial charge in [0.15, 0.2) is 0 Å². The Balaban J connectivity index is 2.29. The number of methoxy groups -OCH3 is 1. The van der Waals surface area contributed by atoms with Crippen LogP contribution in [0, 0.1) is 11.8 Å². The van der Waals surface area contributed by atoms with Crippen molar-refractivity contribution in [2.75, 3.05) is 7.11 Å². The minimum atomic E-state index is -0.175. The summed E-state index contributed by atoms with van der Waals surface area (Å²) in [5, 5.41) is 0. The summed E-state index contributed by atoms with van der Waals surface area (Å²) < 4.78 is 5.29. The van der Waals surface area contributed by atoms with Crippen LogP contribution in [0.3, 0.4) is 0 Å². The molecule has 0 radical (unpaired) electrons. The van der Waals surface area contributed by atoms with Gasteiger partial charge < -0.3 is 10.5 Å². The van der Waals surface area contributed by atoms with Crippen LogP contribution in [0.2, 0.25) is 0 Å². The third kappa shape index (κ3) is 2.63. The Bertz CT molecular complexity index is 378. The van der Waals surface area contributed by atoms with E-state index in [0.717, 1.165) is 18.6 Å². The van der Waals surface area contributed by atoms with E-state index in [4.69, 9.17) is 10.5 Å². The second-order valence-corrected chi connectivity index (χ2v) is 5.74. The van der Waals surface area contributed by atoms with Crippen molar-refractivity contribution in [1.29, 1.82) is 0 Å². The highest BCUT2D eigenvalue weighted by Gasteiger charge is 2.35. The molecule has 1 aromatic rings. The lowest BCUT2D eigenvalue weighted by molar-refractivity contribution is 0.183. The number of benzene rings is 1. The summed E-state index contributed by atoms with van der Waals surface area (Å²) >= 11 is 0. The summed E-state index contributed by atoms with van der Waals surface area (Å²) in [6.45, 7) is 4.61. The molecule has 0 spiro atoms. The number of rotatable bonds is 2. The lowest BCUT2D eigenvalue weighted by Crippen LogP contribution is -2.43. The molecule has 0 heterocycles. The summed E-state index contributed by atoms with van der Waals surface area (Å²) in [7, 11) is 1.70. The highest BCUT2D eigenvalue weighted by Crippen LogP contribution is 2.41. The molecule has 0 aromatic heterocycles. The standard InChI is InChI=1S/C15H23NO/c1-11-7-12(2)10-15(16,9-11)13-5-4-6-14(8-13)17-3/h4-6,8,11-12H,7,9-10,16H2,1-3H3. The minimum absolute atomic E-state index is 0.175. The smallest absolute Gasteiger partial charge is 0.119 e. The Labute approximate surface area is 104 Å². The maximum absolute atomic E-state index is 6.63. The van der Waals surface area contributed by atoms with Gasteiger partial charge in [-0.2, -0.15) is 0 Å². The molecule has 1 fully saturated rings. The average molecular weight is 233 g/mol. The SMILES string of the molecule is COc1cccc(C2(N)CC(C)CC(C)C2)c1. The van der Waals surface area contributed by atoms with Crippen molar-refractivity contribution >= 4 is 0 Å². The quantitative estimate of drug-likeness (QED) is 0.850. The molecule has 2 unspecified atom stereocenters. The fourth-order valence-electron chi connectivity index (χ4n) is 3.35. The highest BCUT2D eigenvalue weighted by atomic mass is 16.5. The third-order valence-corrected chi connectivity index (χ3v) is 3.87. The van der Waals surface area contributed by atoms with E-state index in [9.17, 15) is 0 Å². The summed E-state index contributed by atoms with van der Waals surface area (Å²) in [4.78, 5) is 0. The zero-order valence-corrected chi connectivity index (χ0v) is 11.1. The number of nitrogens with two attached hydrogens (primary N) is 1. The maximum atomic E-state index is 6.63. The molecule has 1 saturated carbocycles. The molecule has 2 nitrogen and oxygen atoms in total. The Kier molecular flexibility index (Phi) is 3.43.